The zero-order valence-electron chi connectivity index (χ0n) is 25.0. The maximum Gasteiger partial charge on any atom is 0.251 e. The number of carbonyl (C=O) groups is 1. The number of amides is 1. The van der Waals surface area contributed by atoms with E-state index in [1.807, 2.05) is 30.5 Å². The van der Waals surface area contributed by atoms with Crippen LogP contribution in [0.4, 0.5) is 8.78 Å². The Morgan fingerprint density at radius 2 is 1.82 bits per heavy atom. The van der Waals surface area contributed by atoms with E-state index in [0.717, 1.165) is 48.3 Å². The molecule has 44 heavy (non-hydrogen) atoms. The van der Waals surface area contributed by atoms with Gasteiger partial charge in [0, 0.05) is 53.9 Å². The molecule has 1 amide bonds. The fraction of sp³-hybridized carbons (Fsp3) is 0.314. The lowest BCUT2D eigenvalue weighted by Gasteiger charge is -2.25. The lowest BCUT2D eigenvalue weighted by Crippen LogP contribution is -2.48. The van der Waals surface area contributed by atoms with E-state index in [1.54, 1.807) is 12.3 Å². The van der Waals surface area contributed by atoms with Gasteiger partial charge < -0.3 is 24.7 Å². The number of hydrogen-bond donors (Lipinski definition) is 3. The normalized spacial score (nSPS) is 12.8. The molecule has 2 heterocycles. The van der Waals surface area contributed by atoms with Crippen LogP contribution in [-0.2, 0) is 25.9 Å². The van der Waals surface area contributed by atoms with Crippen molar-refractivity contribution in [1.82, 2.24) is 20.2 Å². The van der Waals surface area contributed by atoms with Gasteiger partial charge in [-0.05, 0) is 66.3 Å². The molecular weight excluding hydrogens is 562 g/mol. The van der Waals surface area contributed by atoms with Crippen LogP contribution in [0.25, 0.3) is 22.4 Å². The topological polar surface area (TPSA) is 92.3 Å². The monoisotopic (exact) mass is 600 g/mol. The van der Waals surface area contributed by atoms with Crippen LogP contribution in [0.5, 0.6) is 0 Å². The van der Waals surface area contributed by atoms with Crippen molar-refractivity contribution >= 4 is 16.8 Å². The smallest absolute Gasteiger partial charge is 0.251 e. The van der Waals surface area contributed by atoms with Crippen molar-refractivity contribution in [2.24, 2.45) is 0 Å². The number of aliphatic hydroxyl groups excluding tert-OH is 1. The Labute approximate surface area is 255 Å². The number of carbonyl (C=O) groups excluding carboxylic acids is 1. The van der Waals surface area contributed by atoms with Gasteiger partial charge in [0.25, 0.3) is 5.91 Å². The third-order valence-corrected chi connectivity index (χ3v) is 7.81. The second kappa shape index (κ2) is 14.4. The van der Waals surface area contributed by atoms with Crippen LogP contribution in [0, 0.1) is 11.6 Å². The van der Waals surface area contributed by atoms with Gasteiger partial charge in [-0.2, -0.15) is 0 Å². The molecule has 0 fully saturated rings. The highest BCUT2D eigenvalue weighted by molar-refractivity contribution is 6.03. The fourth-order valence-electron chi connectivity index (χ4n) is 5.47. The molecule has 0 unspecified atom stereocenters. The molecule has 0 saturated carbocycles. The van der Waals surface area contributed by atoms with Gasteiger partial charge in [0.05, 0.1) is 18.3 Å². The zero-order chi connectivity index (χ0) is 31.1. The van der Waals surface area contributed by atoms with Gasteiger partial charge in [-0.25, -0.2) is 13.8 Å². The molecule has 3 aromatic carbocycles. The van der Waals surface area contributed by atoms with Crippen molar-refractivity contribution in [2.75, 3.05) is 6.54 Å². The van der Waals surface area contributed by atoms with Crippen molar-refractivity contribution in [1.29, 1.82) is 0 Å². The molecule has 2 atom stereocenters. The van der Waals surface area contributed by atoms with Crippen molar-refractivity contribution in [3.63, 3.8) is 0 Å². The number of aryl methyl sites for hydroxylation is 2. The third-order valence-electron chi connectivity index (χ3n) is 7.81. The van der Waals surface area contributed by atoms with Crippen LogP contribution in [0.3, 0.4) is 0 Å². The van der Waals surface area contributed by atoms with E-state index in [-0.39, 0.29) is 13.0 Å². The minimum absolute atomic E-state index is 0.0241. The van der Waals surface area contributed by atoms with Crippen LogP contribution in [-0.4, -0.2) is 39.3 Å². The van der Waals surface area contributed by atoms with E-state index >= 15 is 0 Å². The van der Waals surface area contributed by atoms with Crippen LogP contribution in [0.15, 0.2) is 83.7 Å². The molecule has 0 aliphatic heterocycles. The molecule has 0 radical (unpaired) electrons. The van der Waals surface area contributed by atoms with Gasteiger partial charge in [0.15, 0.2) is 0 Å². The molecule has 0 saturated heterocycles. The number of aliphatic hydroxyl groups is 1. The fourth-order valence-corrected chi connectivity index (χ4v) is 5.47. The molecule has 9 heteroatoms. The minimum Gasteiger partial charge on any atom is -0.445 e. The highest BCUT2D eigenvalue weighted by Gasteiger charge is 2.24. The summed E-state index contributed by atoms with van der Waals surface area (Å²) in [4.78, 5) is 18.1. The molecular formula is C35H38F2N4O3. The number of nitrogens with zero attached hydrogens (tertiary/aromatic N) is 2. The molecule has 5 rings (SSSR count). The average Bonchev–Trinajstić information content (AvgIpc) is 3.69. The highest BCUT2D eigenvalue weighted by Crippen LogP contribution is 2.31. The SMILES string of the molecule is CCCCn1ccc2c(-c3ncco3)cc(C(=O)N[C@@H](Cc3cc(F)cc(F)c3)[C@@H](O)CNCc3cccc(CC)c3)cc21. The second-order valence-electron chi connectivity index (χ2n) is 11.1. The van der Waals surface area contributed by atoms with Gasteiger partial charge >= 0.3 is 0 Å². The number of benzene rings is 3. The molecule has 0 aliphatic rings. The summed E-state index contributed by atoms with van der Waals surface area (Å²) in [5.74, 6) is -1.48. The van der Waals surface area contributed by atoms with E-state index in [2.05, 4.69) is 46.2 Å². The predicted molar refractivity (Wildman–Crippen MR) is 167 cm³/mol. The van der Waals surface area contributed by atoms with Crippen LogP contribution >= 0.6 is 0 Å². The number of oxazole rings is 1. The van der Waals surface area contributed by atoms with Crippen molar-refractivity contribution in [2.45, 2.75) is 64.8 Å². The van der Waals surface area contributed by atoms with Gasteiger partial charge in [0.1, 0.15) is 17.9 Å². The van der Waals surface area contributed by atoms with E-state index in [0.29, 0.717) is 29.1 Å². The first-order valence-corrected chi connectivity index (χ1v) is 15.1. The summed E-state index contributed by atoms with van der Waals surface area (Å²) in [7, 11) is 0. The standard InChI is InChI=1S/C35H38F2N4O3/c1-3-5-11-41-12-9-29-30(35-39-10-13-44-35)18-26(19-32(29)41)34(43)40-31(17-25-15-27(36)20-28(37)16-25)33(42)22-38-21-24-8-6-7-23(4-2)14-24/h6-10,12-16,18-20,31,33,38,42H,3-5,11,17,21-22H2,1-2H3,(H,40,43)/t31-,33-/m0/s1. The van der Waals surface area contributed by atoms with Crippen LogP contribution in [0.1, 0.15) is 53.7 Å². The van der Waals surface area contributed by atoms with E-state index in [1.165, 1.54) is 24.0 Å². The average molecular weight is 601 g/mol. The summed E-state index contributed by atoms with van der Waals surface area (Å²) < 4.78 is 35.8. The maximum absolute atomic E-state index is 14.1. The molecule has 0 spiro atoms. The molecule has 7 nitrogen and oxygen atoms in total. The Bertz CT molecular complexity index is 1680. The number of nitrogens with one attached hydrogen (secondary N) is 2. The van der Waals surface area contributed by atoms with Gasteiger partial charge in [-0.3, -0.25) is 4.79 Å². The van der Waals surface area contributed by atoms with Crippen LogP contribution < -0.4 is 10.6 Å². The molecule has 0 aliphatic carbocycles. The largest absolute Gasteiger partial charge is 0.445 e. The third kappa shape index (κ3) is 7.59. The van der Waals surface area contributed by atoms with E-state index in [9.17, 15) is 18.7 Å². The first-order valence-electron chi connectivity index (χ1n) is 15.1. The lowest BCUT2D eigenvalue weighted by molar-refractivity contribution is 0.0830. The first kappa shape index (κ1) is 31.1. The highest BCUT2D eigenvalue weighted by atomic mass is 19.1. The summed E-state index contributed by atoms with van der Waals surface area (Å²) in [6, 6.07) is 16.1. The molecule has 0 bridgehead atoms. The summed E-state index contributed by atoms with van der Waals surface area (Å²) in [6.45, 7) is 5.67. The lowest BCUT2D eigenvalue weighted by atomic mass is 9.99. The molecule has 5 aromatic rings. The maximum atomic E-state index is 14.1. The summed E-state index contributed by atoms with van der Waals surface area (Å²) >= 11 is 0. The zero-order valence-corrected chi connectivity index (χ0v) is 25.0. The number of unbranched alkanes of at least 4 members (excludes halogenated alkanes) is 1. The van der Waals surface area contributed by atoms with Gasteiger partial charge in [-0.15, -0.1) is 0 Å². The minimum atomic E-state index is -1.05. The quantitative estimate of drug-likeness (QED) is 0.137. The molecule has 3 N–H and O–H groups in total. The number of rotatable bonds is 14. The number of hydrogen-bond acceptors (Lipinski definition) is 5. The second-order valence-corrected chi connectivity index (χ2v) is 11.1. The Kier molecular flexibility index (Phi) is 10.2. The molecule has 2 aromatic heterocycles. The van der Waals surface area contributed by atoms with Crippen LogP contribution in [0.2, 0.25) is 0 Å². The Balaban J connectivity index is 1.41. The number of aromatic nitrogens is 2. The number of halogens is 2. The predicted octanol–water partition coefficient (Wildman–Crippen LogP) is 6.43. The molecule has 230 valence electrons. The Morgan fingerprint density at radius 1 is 1.02 bits per heavy atom. The van der Waals surface area contributed by atoms with Crippen molar-refractivity contribution < 1.29 is 23.1 Å². The summed E-state index contributed by atoms with van der Waals surface area (Å²) in [5.41, 5.74) is 4.50. The first-order chi connectivity index (χ1) is 21.3. The van der Waals surface area contributed by atoms with Crippen molar-refractivity contribution in [3.8, 4) is 11.5 Å². The van der Waals surface area contributed by atoms with E-state index < -0.39 is 29.7 Å². The van der Waals surface area contributed by atoms with Crippen molar-refractivity contribution in [3.05, 3.63) is 113 Å². The Morgan fingerprint density at radius 3 is 2.55 bits per heavy atom. The summed E-state index contributed by atoms with van der Waals surface area (Å²) in [5, 5.41) is 18.4. The summed E-state index contributed by atoms with van der Waals surface area (Å²) in [6.07, 6.45) is 6.91. The Hall–Kier alpha value is -4.34. The van der Waals surface area contributed by atoms with E-state index in [4.69, 9.17) is 4.42 Å². The van der Waals surface area contributed by atoms with Gasteiger partial charge in [-0.1, -0.05) is 44.5 Å². The van der Waals surface area contributed by atoms with Gasteiger partial charge in [0.2, 0.25) is 5.89 Å². The number of fused-ring (bicyclic) bond motifs is 1.